The highest BCUT2D eigenvalue weighted by Crippen LogP contribution is 2.34. The number of rotatable bonds is 3. The van der Waals surface area contributed by atoms with E-state index >= 15 is 0 Å². The molecule has 1 atom stereocenters. The summed E-state index contributed by atoms with van der Waals surface area (Å²) < 4.78 is 5.70. The molecule has 1 amide bonds. The molecule has 6 heteroatoms. The number of halogens is 2. The van der Waals surface area contributed by atoms with Gasteiger partial charge in [-0.3, -0.25) is 4.79 Å². The van der Waals surface area contributed by atoms with E-state index in [0.717, 1.165) is 0 Å². The van der Waals surface area contributed by atoms with Gasteiger partial charge in [-0.15, -0.1) is 0 Å². The van der Waals surface area contributed by atoms with Gasteiger partial charge in [-0.25, -0.2) is 0 Å². The van der Waals surface area contributed by atoms with Crippen molar-refractivity contribution in [3.8, 4) is 5.75 Å². The van der Waals surface area contributed by atoms with Crippen LogP contribution in [0, 0.1) is 0 Å². The number of carbonyl (C=O) groups is 1. The zero-order valence-corrected chi connectivity index (χ0v) is 11.5. The van der Waals surface area contributed by atoms with Crippen molar-refractivity contribution in [1.29, 1.82) is 0 Å². The van der Waals surface area contributed by atoms with Crippen LogP contribution in [0.25, 0.3) is 0 Å². The Morgan fingerprint density at radius 3 is 2.78 bits per heavy atom. The first-order valence-electron chi connectivity index (χ1n) is 5.62. The zero-order valence-electron chi connectivity index (χ0n) is 9.95. The molecule has 0 bridgehead atoms. The van der Waals surface area contributed by atoms with Crippen molar-refractivity contribution < 1.29 is 9.53 Å². The fourth-order valence-corrected chi connectivity index (χ4v) is 2.52. The number of ether oxygens (including phenoxy) is 1. The summed E-state index contributed by atoms with van der Waals surface area (Å²) in [5.41, 5.74) is 6.34. The lowest BCUT2D eigenvalue weighted by Gasteiger charge is -2.17. The van der Waals surface area contributed by atoms with Crippen LogP contribution in [-0.2, 0) is 11.3 Å². The molecule has 1 fully saturated rings. The van der Waals surface area contributed by atoms with Crippen molar-refractivity contribution in [2.75, 3.05) is 13.6 Å². The van der Waals surface area contributed by atoms with E-state index in [-0.39, 0.29) is 12.5 Å². The molecule has 1 heterocycles. The Kier molecular flexibility index (Phi) is 4.00. The molecule has 18 heavy (non-hydrogen) atoms. The number of amides is 1. The van der Waals surface area contributed by atoms with Gasteiger partial charge in [0.2, 0.25) is 0 Å². The van der Waals surface area contributed by atoms with Crippen LogP contribution >= 0.6 is 23.2 Å². The minimum atomic E-state index is -0.487. The second-order valence-electron chi connectivity index (χ2n) is 4.23. The summed E-state index contributed by atoms with van der Waals surface area (Å²) in [4.78, 5) is 13.4. The maximum atomic E-state index is 11.8. The fourth-order valence-electron chi connectivity index (χ4n) is 1.94. The number of hydrogen-bond donors (Lipinski definition) is 1. The number of nitrogens with two attached hydrogens (primary N) is 1. The molecule has 1 aliphatic rings. The van der Waals surface area contributed by atoms with Crippen LogP contribution in [0.5, 0.6) is 5.75 Å². The molecule has 98 valence electrons. The minimum Gasteiger partial charge on any atom is -0.479 e. The van der Waals surface area contributed by atoms with Gasteiger partial charge in [-0.2, -0.15) is 0 Å². The van der Waals surface area contributed by atoms with Crippen molar-refractivity contribution in [1.82, 2.24) is 4.90 Å². The average Bonchev–Trinajstić information content (AvgIpc) is 2.63. The maximum Gasteiger partial charge on any atom is 0.263 e. The summed E-state index contributed by atoms with van der Waals surface area (Å²) in [6.07, 6.45) is 0.164. The molecule has 0 aromatic heterocycles. The van der Waals surface area contributed by atoms with E-state index in [1.54, 1.807) is 24.1 Å². The van der Waals surface area contributed by atoms with Crippen LogP contribution in [0.2, 0.25) is 10.0 Å². The molecule has 0 radical (unpaired) electrons. The Labute approximate surface area is 116 Å². The lowest BCUT2D eigenvalue weighted by Crippen LogP contribution is -2.29. The Morgan fingerprint density at radius 1 is 1.50 bits per heavy atom. The molecule has 0 saturated carbocycles. The van der Waals surface area contributed by atoms with E-state index in [1.165, 1.54) is 0 Å². The quantitative estimate of drug-likeness (QED) is 0.926. The number of carbonyl (C=O) groups excluding carboxylic acids is 1. The monoisotopic (exact) mass is 288 g/mol. The standard InChI is InChI=1S/C12H14Cl2N2O2/c1-16-3-2-10(12(16)17)18-11-7(6-15)4-8(13)5-9(11)14/h4-5,10H,2-3,6,15H2,1H3. The summed E-state index contributed by atoms with van der Waals surface area (Å²) in [6, 6.07) is 3.28. The molecule has 0 spiro atoms. The van der Waals surface area contributed by atoms with Crippen molar-refractivity contribution in [3.63, 3.8) is 0 Å². The van der Waals surface area contributed by atoms with E-state index in [2.05, 4.69) is 0 Å². The Morgan fingerprint density at radius 2 is 2.22 bits per heavy atom. The van der Waals surface area contributed by atoms with Gasteiger partial charge in [0.15, 0.2) is 6.10 Å². The van der Waals surface area contributed by atoms with E-state index < -0.39 is 6.10 Å². The third kappa shape index (κ3) is 2.55. The molecular formula is C12H14Cl2N2O2. The van der Waals surface area contributed by atoms with E-state index in [1.807, 2.05) is 0 Å². The molecule has 0 aliphatic carbocycles. The summed E-state index contributed by atoms with van der Waals surface area (Å²) in [5.74, 6) is 0.418. The van der Waals surface area contributed by atoms with Gasteiger partial charge in [0.1, 0.15) is 5.75 Å². The number of likely N-dealkylation sites (N-methyl/N-ethyl adjacent to an activating group) is 1. The van der Waals surface area contributed by atoms with Crippen LogP contribution in [0.4, 0.5) is 0 Å². The van der Waals surface area contributed by atoms with E-state index in [0.29, 0.717) is 34.3 Å². The Hall–Kier alpha value is -0.970. The number of likely N-dealkylation sites (tertiary alicyclic amines) is 1. The van der Waals surface area contributed by atoms with Crippen LogP contribution in [-0.4, -0.2) is 30.5 Å². The highest BCUT2D eigenvalue weighted by Gasteiger charge is 2.31. The second kappa shape index (κ2) is 5.34. The second-order valence-corrected chi connectivity index (χ2v) is 5.08. The largest absolute Gasteiger partial charge is 0.479 e. The normalized spacial score (nSPS) is 19.4. The zero-order chi connectivity index (χ0) is 13.3. The molecular weight excluding hydrogens is 275 g/mol. The fraction of sp³-hybridized carbons (Fsp3) is 0.417. The average molecular weight is 289 g/mol. The van der Waals surface area contributed by atoms with E-state index in [4.69, 9.17) is 33.7 Å². The minimum absolute atomic E-state index is 0.0380. The van der Waals surface area contributed by atoms with Crippen molar-refractivity contribution >= 4 is 29.1 Å². The first-order valence-corrected chi connectivity index (χ1v) is 6.38. The summed E-state index contributed by atoms with van der Waals surface area (Å²) in [6.45, 7) is 0.943. The van der Waals surface area contributed by atoms with Gasteiger partial charge in [-0.05, 0) is 12.1 Å². The van der Waals surface area contributed by atoms with Gasteiger partial charge >= 0.3 is 0 Å². The number of nitrogens with zero attached hydrogens (tertiary/aromatic N) is 1. The first kappa shape index (κ1) is 13.5. The summed E-state index contributed by atoms with van der Waals surface area (Å²) >= 11 is 12.0. The molecule has 4 nitrogen and oxygen atoms in total. The highest BCUT2D eigenvalue weighted by molar-refractivity contribution is 6.35. The van der Waals surface area contributed by atoms with Crippen molar-refractivity contribution in [2.24, 2.45) is 5.73 Å². The van der Waals surface area contributed by atoms with Crippen molar-refractivity contribution in [3.05, 3.63) is 27.7 Å². The number of hydrogen-bond acceptors (Lipinski definition) is 3. The third-order valence-electron chi connectivity index (χ3n) is 2.94. The molecule has 1 aliphatic heterocycles. The van der Waals surface area contributed by atoms with Gasteiger partial charge < -0.3 is 15.4 Å². The van der Waals surface area contributed by atoms with Crippen LogP contribution in [0.3, 0.4) is 0 Å². The molecule has 1 unspecified atom stereocenters. The molecule has 1 aromatic rings. The predicted octanol–water partition coefficient (Wildman–Crippen LogP) is 2.06. The maximum absolute atomic E-state index is 11.8. The van der Waals surface area contributed by atoms with Gasteiger partial charge in [0.25, 0.3) is 5.91 Å². The Bertz CT molecular complexity index is 479. The van der Waals surface area contributed by atoms with Crippen LogP contribution in [0.15, 0.2) is 12.1 Å². The summed E-state index contributed by atoms with van der Waals surface area (Å²) in [7, 11) is 1.75. The first-order chi connectivity index (χ1) is 8.52. The van der Waals surface area contributed by atoms with Gasteiger partial charge in [-0.1, -0.05) is 23.2 Å². The topological polar surface area (TPSA) is 55.6 Å². The lowest BCUT2D eigenvalue weighted by molar-refractivity contribution is -0.132. The lowest BCUT2D eigenvalue weighted by atomic mass is 10.2. The predicted molar refractivity (Wildman–Crippen MR) is 71.0 cm³/mol. The van der Waals surface area contributed by atoms with Gasteiger partial charge in [0, 0.05) is 37.1 Å². The highest BCUT2D eigenvalue weighted by atomic mass is 35.5. The number of benzene rings is 1. The molecule has 2 N–H and O–H groups in total. The van der Waals surface area contributed by atoms with Crippen LogP contribution in [0.1, 0.15) is 12.0 Å². The third-order valence-corrected chi connectivity index (χ3v) is 3.44. The van der Waals surface area contributed by atoms with Gasteiger partial charge in [0.05, 0.1) is 5.02 Å². The SMILES string of the molecule is CN1CCC(Oc2c(Cl)cc(Cl)cc2CN)C1=O. The van der Waals surface area contributed by atoms with Crippen molar-refractivity contribution in [2.45, 2.75) is 19.1 Å². The molecule has 1 saturated heterocycles. The smallest absolute Gasteiger partial charge is 0.263 e. The molecule has 1 aromatic carbocycles. The van der Waals surface area contributed by atoms with E-state index in [9.17, 15) is 4.79 Å². The molecule has 2 rings (SSSR count). The Balaban J connectivity index is 2.26. The summed E-state index contributed by atoms with van der Waals surface area (Å²) in [5, 5.41) is 0.882. The van der Waals surface area contributed by atoms with Crippen LogP contribution < -0.4 is 10.5 Å².